The largest absolute Gasteiger partial charge is 0.494 e. The number of carbonyl (C=O) groups excluding carboxylic acids is 2. The lowest BCUT2D eigenvalue weighted by Crippen LogP contribution is -2.53. The van der Waals surface area contributed by atoms with Crippen molar-refractivity contribution in [2.45, 2.75) is 59.2 Å². The predicted molar refractivity (Wildman–Crippen MR) is 144 cm³/mol. The van der Waals surface area contributed by atoms with E-state index in [-0.39, 0.29) is 18.5 Å². The second kappa shape index (κ2) is 13.5. The van der Waals surface area contributed by atoms with E-state index in [1.54, 1.807) is 48.5 Å². The van der Waals surface area contributed by atoms with Crippen molar-refractivity contribution in [1.29, 1.82) is 0 Å². The van der Waals surface area contributed by atoms with E-state index in [1.807, 2.05) is 27.7 Å². The lowest BCUT2D eigenvalue weighted by atomic mass is 10.1. The van der Waals surface area contributed by atoms with Gasteiger partial charge in [0, 0.05) is 17.6 Å². The Kier molecular flexibility index (Phi) is 11.0. The van der Waals surface area contributed by atoms with Crippen molar-refractivity contribution in [2.75, 3.05) is 23.7 Å². The summed E-state index contributed by atoms with van der Waals surface area (Å²) in [4.78, 5) is 28.2. The van der Waals surface area contributed by atoms with Crippen LogP contribution < -0.4 is 14.4 Å². The Bertz CT molecular complexity index is 1120. The van der Waals surface area contributed by atoms with Gasteiger partial charge in [-0.05, 0) is 62.6 Å². The Labute approximate surface area is 219 Å². The van der Waals surface area contributed by atoms with E-state index in [2.05, 4.69) is 5.32 Å². The van der Waals surface area contributed by atoms with Gasteiger partial charge in [-0.15, -0.1) is 0 Å². The molecule has 0 heterocycles. The molecule has 2 amide bonds. The van der Waals surface area contributed by atoms with Crippen LogP contribution in [-0.2, 0) is 26.2 Å². The molecule has 2 aromatic rings. The molecular formula is C26H36ClN3O5S. The molecule has 0 spiro atoms. The Hall–Kier alpha value is -2.78. The second-order valence-corrected chi connectivity index (χ2v) is 10.9. The molecule has 0 unspecified atom stereocenters. The number of hydrogen-bond donors (Lipinski definition) is 1. The van der Waals surface area contributed by atoms with Crippen LogP contribution in [0, 0.1) is 0 Å². The zero-order chi connectivity index (χ0) is 26.9. The summed E-state index contributed by atoms with van der Waals surface area (Å²) in [5, 5.41) is 3.40. The quantitative estimate of drug-likeness (QED) is 0.412. The average Bonchev–Trinajstić information content (AvgIpc) is 2.83. The first-order chi connectivity index (χ1) is 17.0. The van der Waals surface area contributed by atoms with Gasteiger partial charge in [0.2, 0.25) is 21.8 Å². The zero-order valence-corrected chi connectivity index (χ0v) is 23.1. The topological polar surface area (TPSA) is 96.0 Å². The summed E-state index contributed by atoms with van der Waals surface area (Å²) in [6.07, 6.45) is 2.13. The van der Waals surface area contributed by atoms with Crippen LogP contribution in [0.2, 0.25) is 5.02 Å². The van der Waals surface area contributed by atoms with Crippen LogP contribution >= 0.6 is 11.6 Å². The molecule has 0 radical (unpaired) electrons. The van der Waals surface area contributed by atoms with Gasteiger partial charge in [0.25, 0.3) is 0 Å². The highest BCUT2D eigenvalue weighted by Gasteiger charge is 2.32. The molecule has 0 saturated carbocycles. The minimum Gasteiger partial charge on any atom is -0.494 e. The number of amides is 2. The highest BCUT2D eigenvalue weighted by atomic mass is 35.5. The maximum absolute atomic E-state index is 13.7. The lowest BCUT2D eigenvalue weighted by molar-refractivity contribution is -0.140. The molecule has 0 aliphatic heterocycles. The maximum atomic E-state index is 13.7. The first-order valence-corrected chi connectivity index (χ1v) is 14.3. The van der Waals surface area contributed by atoms with E-state index >= 15 is 0 Å². The number of nitrogens with one attached hydrogen (secondary N) is 1. The number of rotatable bonds is 13. The van der Waals surface area contributed by atoms with Crippen LogP contribution in [0.25, 0.3) is 0 Å². The fraction of sp³-hybridized carbons (Fsp3) is 0.462. The summed E-state index contributed by atoms with van der Waals surface area (Å²) >= 11 is 6.37. The van der Waals surface area contributed by atoms with E-state index in [1.165, 1.54) is 4.90 Å². The molecule has 8 nitrogen and oxygen atoms in total. The van der Waals surface area contributed by atoms with E-state index < -0.39 is 28.5 Å². The minimum atomic E-state index is -3.81. The van der Waals surface area contributed by atoms with Crippen molar-refractivity contribution < 1.29 is 22.7 Å². The zero-order valence-electron chi connectivity index (χ0n) is 21.5. The highest BCUT2D eigenvalue weighted by Crippen LogP contribution is 2.24. The molecule has 0 aliphatic rings. The van der Waals surface area contributed by atoms with Gasteiger partial charge >= 0.3 is 0 Å². The molecule has 0 aromatic heterocycles. The van der Waals surface area contributed by atoms with E-state index in [0.29, 0.717) is 35.1 Å². The Morgan fingerprint density at radius 2 is 1.67 bits per heavy atom. The summed E-state index contributed by atoms with van der Waals surface area (Å²) in [6, 6.07) is 12.7. The molecule has 0 aliphatic carbocycles. The Morgan fingerprint density at radius 1 is 1.03 bits per heavy atom. The summed E-state index contributed by atoms with van der Waals surface area (Å²) in [5.74, 6) is -0.214. The smallest absolute Gasteiger partial charge is 0.244 e. The van der Waals surface area contributed by atoms with Gasteiger partial charge in [-0.2, -0.15) is 0 Å². The predicted octanol–water partition coefficient (Wildman–Crippen LogP) is 4.23. The van der Waals surface area contributed by atoms with Crippen LogP contribution in [0.5, 0.6) is 5.75 Å². The normalized spacial score (nSPS) is 12.9. The number of sulfonamides is 1. The van der Waals surface area contributed by atoms with E-state index in [0.717, 1.165) is 17.0 Å². The molecule has 2 atom stereocenters. The SMILES string of the molecule is CCOc1ccc(N(CC(=O)N(Cc2ccccc2Cl)[C@H](CC)C(=O)N[C@@H](C)CC)S(C)(=O)=O)cc1. The van der Waals surface area contributed by atoms with Gasteiger partial charge in [0.1, 0.15) is 18.3 Å². The summed E-state index contributed by atoms with van der Waals surface area (Å²) in [7, 11) is -3.81. The maximum Gasteiger partial charge on any atom is 0.244 e. The number of nitrogens with zero attached hydrogens (tertiary/aromatic N) is 2. The third kappa shape index (κ3) is 8.13. The van der Waals surface area contributed by atoms with Crippen LogP contribution in [0.3, 0.4) is 0 Å². The molecular weight excluding hydrogens is 502 g/mol. The number of halogens is 1. The molecule has 2 aromatic carbocycles. The van der Waals surface area contributed by atoms with Crippen LogP contribution in [0.15, 0.2) is 48.5 Å². The molecule has 0 fully saturated rings. The van der Waals surface area contributed by atoms with Crippen molar-refractivity contribution in [3.8, 4) is 5.75 Å². The van der Waals surface area contributed by atoms with Crippen molar-refractivity contribution in [3.63, 3.8) is 0 Å². The van der Waals surface area contributed by atoms with E-state index in [4.69, 9.17) is 16.3 Å². The van der Waals surface area contributed by atoms with Crippen LogP contribution in [0.4, 0.5) is 5.69 Å². The van der Waals surface area contributed by atoms with Crippen molar-refractivity contribution in [2.24, 2.45) is 0 Å². The first kappa shape index (κ1) is 29.5. The fourth-order valence-electron chi connectivity index (χ4n) is 3.66. The molecule has 36 heavy (non-hydrogen) atoms. The average molecular weight is 538 g/mol. The van der Waals surface area contributed by atoms with Gasteiger partial charge in [-0.25, -0.2) is 8.42 Å². The number of anilines is 1. The molecule has 1 N–H and O–H groups in total. The summed E-state index contributed by atoms with van der Waals surface area (Å²) in [5.41, 5.74) is 0.985. The number of ether oxygens (including phenoxy) is 1. The number of benzene rings is 2. The van der Waals surface area contributed by atoms with Gasteiger partial charge < -0.3 is 15.0 Å². The molecule has 0 bridgehead atoms. The molecule has 0 saturated heterocycles. The Balaban J connectivity index is 2.43. The van der Waals surface area contributed by atoms with Crippen molar-refractivity contribution in [3.05, 3.63) is 59.1 Å². The minimum absolute atomic E-state index is 0.0613. The van der Waals surface area contributed by atoms with Crippen molar-refractivity contribution >= 4 is 39.1 Å². The van der Waals surface area contributed by atoms with Gasteiger partial charge in [0.15, 0.2) is 0 Å². The summed E-state index contributed by atoms with van der Waals surface area (Å²) in [6.45, 7) is 7.58. The molecule has 2 rings (SSSR count). The monoisotopic (exact) mass is 537 g/mol. The van der Waals surface area contributed by atoms with Crippen molar-refractivity contribution in [1.82, 2.24) is 10.2 Å². The van der Waals surface area contributed by atoms with Gasteiger partial charge in [-0.3, -0.25) is 13.9 Å². The van der Waals surface area contributed by atoms with Crippen LogP contribution in [0.1, 0.15) is 46.1 Å². The second-order valence-electron chi connectivity index (χ2n) is 8.55. The lowest BCUT2D eigenvalue weighted by Gasteiger charge is -2.33. The first-order valence-electron chi connectivity index (χ1n) is 12.1. The fourth-order valence-corrected chi connectivity index (χ4v) is 4.70. The number of hydrogen-bond acceptors (Lipinski definition) is 5. The Morgan fingerprint density at radius 3 is 2.19 bits per heavy atom. The van der Waals surface area contributed by atoms with Gasteiger partial charge in [0.05, 0.1) is 18.6 Å². The summed E-state index contributed by atoms with van der Waals surface area (Å²) < 4.78 is 31.9. The van der Waals surface area contributed by atoms with Gasteiger partial charge in [-0.1, -0.05) is 43.6 Å². The molecule has 10 heteroatoms. The molecule has 198 valence electrons. The van der Waals surface area contributed by atoms with Crippen LogP contribution in [-0.4, -0.2) is 56.6 Å². The highest BCUT2D eigenvalue weighted by molar-refractivity contribution is 7.92. The third-order valence-electron chi connectivity index (χ3n) is 5.80. The van der Waals surface area contributed by atoms with E-state index in [9.17, 15) is 18.0 Å². The standard InChI is InChI=1S/C26H36ClN3O5S/c1-6-19(4)28-26(32)24(7-2)29(17-20-11-9-10-12-23(20)27)25(31)18-30(36(5,33)34)21-13-15-22(16-14-21)35-8-3/h9-16,19,24H,6-8,17-18H2,1-5H3,(H,28,32)/t19-,24+/m0/s1. The third-order valence-corrected chi connectivity index (χ3v) is 7.31. The number of carbonyl (C=O) groups is 2.